The summed E-state index contributed by atoms with van der Waals surface area (Å²) in [7, 11) is -4.39. The number of phosphoric acid groups is 1. The van der Waals surface area contributed by atoms with E-state index in [1.165, 1.54) is 161 Å². The molecule has 67 heavy (non-hydrogen) atoms. The van der Waals surface area contributed by atoms with Crippen LogP contribution >= 0.6 is 7.82 Å². The van der Waals surface area contributed by atoms with E-state index in [2.05, 4.69) is 74.6 Å². The van der Waals surface area contributed by atoms with Crippen molar-refractivity contribution in [1.29, 1.82) is 0 Å². The molecule has 0 spiro atoms. The third-order valence-electron chi connectivity index (χ3n) is 11.9. The topological polar surface area (TPSA) is 134 Å². The molecule has 0 radical (unpaired) electrons. The standard InChI is InChI=1S/C57H104NO8P/c1-3-5-7-9-11-13-15-17-19-21-23-24-25-26-27-28-29-30-32-34-36-38-40-42-44-46-48-50-57(60)66-55(54-65-67(61,62)64-52-51-58)53-63-56(59)49-47-45-43-41-39-37-35-33-31-22-20-18-16-14-12-10-8-6-4-2/h5,7,11,13,17-20,23-24,55H,3-4,6,8-10,12,14-16,21-22,25-54,58H2,1-2H3,(H,61,62)/b7-5-,13-11-,19-17-,20-18-,24-23-. The monoisotopic (exact) mass is 962 g/mol. The van der Waals surface area contributed by atoms with Crippen molar-refractivity contribution in [2.75, 3.05) is 26.4 Å². The van der Waals surface area contributed by atoms with E-state index in [0.717, 1.165) is 64.2 Å². The fraction of sp³-hybridized carbons (Fsp3) is 0.789. The first-order chi connectivity index (χ1) is 32.8. The van der Waals surface area contributed by atoms with Gasteiger partial charge < -0.3 is 20.1 Å². The number of ether oxygens (including phenoxy) is 2. The summed E-state index contributed by atoms with van der Waals surface area (Å²) in [6, 6.07) is 0. The zero-order valence-corrected chi connectivity index (χ0v) is 44.3. The van der Waals surface area contributed by atoms with Crippen LogP contribution < -0.4 is 5.73 Å². The lowest BCUT2D eigenvalue weighted by molar-refractivity contribution is -0.161. The van der Waals surface area contributed by atoms with Crippen molar-refractivity contribution in [1.82, 2.24) is 0 Å². The summed E-state index contributed by atoms with van der Waals surface area (Å²) in [5.41, 5.74) is 5.38. The zero-order valence-electron chi connectivity index (χ0n) is 43.4. The third-order valence-corrected chi connectivity index (χ3v) is 12.9. The van der Waals surface area contributed by atoms with Crippen molar-refractivity contribution in [3.05, 3.63) is 60.8 Å². The lowest BCUT2D eigenvalue weighted by atomic mass is 10.0. The molecule has 0 rings (SSSR count). The van der Waals surface area contributed by atoms with Gasteiger partial charge >= 0.3 is 19.8 Å². The van der Waals surface area contributed by atoms with Crippen molar-refractivity contribution in [3.63, 3.8) is 0 Å². The number of allylic oxidation sites excluding steroid dienone is 10. The Hall–Kier alpha value is -2.29. The Kier molecular flexibility index (Phi) is 51.3. The van der Waals surface area contributed by atoms with E-state index in [9.17, 15) is 19.0 Å². The van der Waals surface area contributed by atoms with Crippen LogP contribution in [0.3, 0.4) is 0 Å². The van der Waals surface area contributed by atoms with Crippen molar-refractivity contribution in [2.24, 2.45) is 5.73 Å². The van der Waals surface area contributed by atoms with Gasteiger partial charge in [-0.05, 0) is 77.0 Å². The van der Waals surface area contributed by atoms with Gasteiger partial charge in [0.2, 0.25) is 0 Å². The molecular weight excluding hydrogens is 858 g/mol. The van der Waals surface area contributed by atoms with E-state index >= 15 is 0 Å². The SMILES string of the molecule is CC/C=C\C/C=C\C/C=C\C/C=C\CCCCCCCCCCCCCCCCC(=O)OC(COC(=O)CCCCCCCCCCC/C=C\CCCCCCCC)COP(=O)(O)OCCN. The first-order valence-electron chi connectivity index (χ1n) is 27.8. The second-order valence-corrected chi connectivity index (χ2v) is 19.9. The minimum absolute atomic E-state index is 0.0523. The average molecular weight is 962 g/mol. The molecule has 0 aliphatic carbocycles. The van der Waals surface area contributed by atoms with E-state index in [1.54, 1.807) is 0 Å². The minimum atomic E-state index is -4.39. The van der Waals surface area contributed by atoms with Gasteiger partial charge in [-0.3, -0.25) is 18.6 Å². The summed E-state index contributed by atoms with van der Waals surface area (Å²) >= 11 is 0. The van der Waals surface area contributed by atoms with Crippen molar-refractivity contribution >= 4 is 19.8 Å². The molecule has 2 unspecified atom stereocenters. The molecule has 0 heterocycles. The average Bonchev–Trinajstić information content (AvgIpc) is 3.32. The Morgan fingerprint density at radius 1 is 0.463 bits per heavy atom. The van der Waals surface area contributed by atoms with Crippen LogP contribution in [0.1, 0.15) is 258 Å². The number of carbonyl (C=O) groups is 2. The number of carbonyl (C=O) groups excluding carboxylic acids is 2. The van der Waals surface area contributed by atoms with E-state index in [0.29, 0.717) is 6.42 Å². The van der Waals surface area contributed by atoms with E-state index < -0.39 is 26.5 Å². The number of nitrogens with two attached hydrogens (primary N) is 1. The third kappa shape index (κ3) is 52.9. The van der Waals surface area contributed by atoms with Crippen LogP contribution in [0, 0.1) is 0 Å². The van der Waals surface area contributed by atoms with Crippen molar-refractivity contribution < 1.29 is 37.6 Å². The molecule has 0 aliphatic heterocycles. The van der Waals surface area contributed by atoms with Crippen molar-refractivity contribution in [2.45, 2.75) is 264 Å². The molecule has 3 N–H and O–H groups in total. The summed E-state index contributed by atoms with van der Waals surface area (Å²) in [5.74, 6) is -0.824. The van der Waals surface area contributed by atoms with Gasteiger partial charge in [0, 0.05) is 19.4 Å². The summed E-state index contributed by atoms with van der Waals surface area (Å²) in [6.07, 6.45) is 65.5. The molecule has 9 nitrogen and oxygen atoms in total. The zero-order chi connectivity index (χ0) is 48.8. The predicted molar refractivity (Wildman–Crippen MR) is 284 cm³/mol. The lowest BCUT2D eigenvalue weighted by Gasteiger charge is -2.19. The van der Waals surface area contributed by atoms with E-state index in [4.69, 9.17) is 24.3 Å². The summed E-state index contributed by atoms with van der Waals surface area (Å²) in [5, 5.41) is 0. The highest BCUT2D eigenvalue weighted by atomic mass is 31.2. The van der Waals surface area contributed by atoms with Crippen molar-refractivity contribution in [3.8, 4) is 0 Å². The maximum atomic E-state index is 12.7. The molecule has 0 bridgehead atoms. The Morgan fingerprint density at radius 2 is 0.821 bits per heavy atom. The molecule has 0 saturated heterocycles. The van der Waals surface area contributed by atoms with Gasteiger partial charge in [0.15, 0.2) is 6.10 Å². The summed E-state index contributed by atoms with van der Waals surface area (Å²) in [4.78, 5) is 35.1. The van der Waals surface area contributed by atoms with Crippen LogP contribution in [0.2, 0.25) is 0 Å². The van der Waals surface area contributed by atoms with Crippen LogP contribution in [-0.4, -0.2) is 49.3 Å². The van der Waals surface area contributed by atoms with Crippen LogP contribution in [0.25, 0.3) is 0 Å². The molecular formula is C57H104NO8P. The molecule has 0 aliphatic rings. The van der Waals surface area contributed by atoms with Crippen LogP contribution in [-0.2, 0) is 32.7 Å². The molecule has 0 aromatic rings. The molecule has 0 fully saturated rings. The van der Waals surface area contributed by atoms with Gasteiger partial charge in [-0.25, -0.2) is 4.57 Å². The molecule has 2 atom stereocenters. The number of rotatable bonds is 52. The molecule has 0 aromatic carbocycles. The number of hydrogen-bond acceptors (Lipinski definition) is 8. The van der Waals surface area contributed by atoms with Gasteiger partial charge in [-0.2, -0.15) is 0 Å². The van der Waals surface area contributed by atoms with Gasteiger partial charge in [0.05, 0.1) is 13.2 Å². The van der Waals surface area contributed by atoms with Gasteiger partial charge in [-0.1, -0.05) is 229 Å². The number of hydrogen-bond donors (Lipinski definition) is 2. The maximum Gasteiger partial charge on any atom is 0.472 e. The van der Waals surface area contributed by atoms with Gasteiger partial charge in [0.25, 0.3) is 0 Å². The quantitative estimate of drug-likeness (QED) is 0.0264. The maximum absolute atomic E-state index is 12.7. The highest BCUT2D eigenvalue weighted by Gasteiger charge is 2.26. The Bertz CT molecular complexity index is 1280. The second kappa shape index (κ2) is 53.1. The normalized spacial score (nSPS) is 13.6. The minimum Gasteiger partial charge on any atom is -0.462 e. The Morgan fingerprint density at radius 3 is 1.24 bits per heavy atom. The fourth-order valence-electron chi connectivity index (χ4n) is 7.80. The smallest absolute Gasteiger partial charge is 0.462 e. The highest BCUT2D eigenvalue weighted by Crippen LogP contribution is 2.43. The second-order valence-electron chi connectivity index (χ2n) is 18.4. The Balaban J connectivity index is 3.98. The number of esters is 2. The largest absolute Gasteiger partial charge is 0.472 e. The molecule has 0 saturated carbocycles. The lowest BCUT2D eigenvalue weighted by Crippen LogP contribution is -2.29. The molecule has 390 valence electrons. The molecule has 0 amide bonds. The molecule has 10 heteroatoms. The van der Waals surface area contributed by atoms with Gasteiger partial charge in [0.1, 0.15) is 6.61 Å². The van der Waals surface area contributed by atoms with Crippen LogP contribution in [0.5, 0.6) is 0 Å². The first kappa shape index (κ1) is 64.7. The van der Waals surface area contributed by atoms with E-state index in [-0.39, 0.29) is 38.6 Å². The summed E-state index contributed by atoms with van der Waals surface area (Å²) in [6.45, 7) is 3.65. The number of unbranched alkanes of at least 4 members (excludes halogenated alkanes) is 29. The van der Waals surface area contributed by atoms with Crippen LogP contribution in [0.4, 0.5) is 0 Å². The van der Waals surface area contributed by atoms with Crippen LogP contribution in [0.15, 0.2) is 60.8 Å². The summed E-state index contributed by atoms with van der Waals surface area (Å²) < 4.78 is 33.0. The molecule has 0 aromatic heterocycles. The number of phosphoric ester groups is 1. The van der Waals surface area contributed by atoms with E-state index in [1.807, 2.05) is 0 Å². The first-order valence-corrected chi connectivity index (χ1v) is 29.3. The highest BCUT2D eigenvalue weighted by molar-refractivity contribution is 7.47. The fourth-order valence-corrected chi connectivity index (χ4v) is 8.56. The van der Waals surface area contributed by atoms with Gasteiger partial charge in [-0.15, -0.1) is 0 Å². The predicted octanol–water partition coefficient (Wildman–Crippen LogP) is 17.2. The Labute approximate surface area is 412 Å².